The molecule has 0 aromatic heterocycles. The molecule has 0 radical (unpaired) electrons. The molecule has 0 bridgehead atoms. The quantitative estimate of drug-likeness (QED) is 0.149. The van der Waals surface area contributed by atoms with Crippen LogP contribution in [0.5, 0.6) is 5.75 Å². The van der Waals surface area contributed by atoms with Crippen molar-refractivity contribution in [2.75, 3.05) is 0 Å². The average molecular weight is 528 g/mol. The maximum absolute atomic E-state index is 12.2. The monoisotopic (exact) mass is 526 g/mol. The highest BCUT2D eigenvalue weighted by Gasteiger charge is 2.09. The molecule has 0 unspecified atom stereocenters. The van der Waals surface area contributed by atoms with Gasteiger partial charge in [-0.05, 0) is 57.9 Å². The number of carbonyl (C=O) groups excluding carboxylic acids is 2. The van der Waals surface area contributed by atoms with Gasteiger partial charge >= 0.3 is 5.97 Å². The molecule has 0 fully saturated rings. The Morgan fingerprint density at radius 1 is 0.933 bits per heavy atom. The molecule has 0 atom stereocenters. The fourth-order valence-corrected chi connectivity index (χ4v) is 3.29. The molecule has 0 saturated heterocycles. The van der Waals surface area contributed by atoms with E-state index in [-0.39, 0.29) is 5.91 Å². The summed E-state index contributed by atoms with van der Waals surface area (Å²) >= 11 is 6.71. The highest BCUT2D eigenvalue weighted by Crippen LogP contribution is 2.22. The topological polar surface area (TPSA) is 67.8 Å². The lowest BCUT2D eigenvalue weighted by Crippen LogP contribution is -2.18. The van der Waals surface area contributed by atoms with Gasteiger partial charge in [-0.25, -0.2) is 10.2 Å². The molecule has 3 aromatic rings. The van der Waals surface area contributed by atoms with Gasteiger partial charge in [-0.1, -0.05) is 58.4 Å². The Bertz CT molecular complexity index is 1110. The van der Waals surface area contributed by atoms with E-state index in [4.69, 9.17) is 4.74 Å². The van der Waals surface area contributed by atoms with Gasteiger partial charge in [0, 0.05) is 20.6 Å². The first-order valence-corrected chi connectivity index (χ1v) is 10.4. The number of nitrogens with one attached hydrogen (secondary N) is 1. The summed E-state index contributed by atoms with van der Waals surface area (Å²) in [6.07, 6.45) is 4.45. The lowest BCUT2D eigenvalue weighted by molar-refractivity contribution is -0.128. The van der Waals surface area contributed by atoms with Gasteiger partial charge in [0.05, 0.1) is 11.8 Å². The first-order valence-electron chi connectivity index (χ1n) is 8.85. The zero-order valence-corrected chi connectivity index (χ0v) is 18.8. The van der Waals surface area contributed by atoms with Crippen LogP contribution in [0.15, 0.2) is 92.9 Å². The Morgan fingerprint density at radius 3 is 2.43 bits per heavy atom. The fraction of sp³-hybridized carbons (Fsp3) is 0. The SMILES string of the molecule is O=C(C=Cc1ccccc1)Oc1ccc(Br)cc1C=NNC(=O)c1ccccc1Br. The molecule has 30 heavy (non-hydrogen) atoms. The van der Waals surface area contributed by atoms with Crippen molar-refractivity contribution < 1.29 is 14.3 Å². The van der Waals surface area contributed by atoms with Gasteiger partial charge in [-0.2, -0.15) is 5.10 Å². The van der Waals surface area contributed by atoms with Crippen LogP contribution in [0.1, 0.15) is 21.5 Å². The van der Waals surface area contributed by atoms with Crippen LogP contribution >= 0.6 is 31.9 Å². The van der Waals surface area contributed by atoms with Crippen LogP contribution in [0.25, 0.3) is 6.08 Å². The highest BCUT2D eigenvalue weighted by atomic mass is 79.9. The van der Waals surface area contributed by atoms with Crippen LogP contribution in [0, 0.1) is 0 Å². The Hall–Kier alpha value is -3.03. The molecule has 0 aliphatic carbocycles. The Kier molecular flexibility index (Phi) is 7.70. The summed E-state index contributed by atoms with van der Waals surface area (Å²) in [6, 6.07) is 21.6. The second-order valence-electron chi connectivity index (χ2n) is 6.03. The number of amides is 1. The molecule has 0 spiro atoms. The molecule has 150 valence electrons. The van der Waals surface area contributed by atoms with Crippen LogP contribution in [-0.4, -0.2) is 18.1 Å². The molecule has 0 aliphatic rings. The molecule has 5 nitrogen and oxygen atoms in total. The molecule has 1 N–H and O–H groups in total. The van der Waals surface area contributed by atoms with Gasteiger partial charge < -0.3 is 4.74 Å². The second kappa shape index (κ2) is 10.7. The Balaban J connectivity index is 1.69. The summed E-state index contributed by atoms with van der Waals surface area (Å²) in [7, 11) is 0. The van der Waals surface area contributed by atoms with Crippen molar-refractivity contribution >= 4 is 56.0 Å². The summed E-state index contributed by atoms with van der Waals surface area (Å²) in [4.78, 5) is 24.4. The number of carbonyl (C=O) groups is 2. The first-order chi connectivity index (χ1) is 14.5. The second-order valence-corrected chi connectivity index (χ2v) is 7.80. The normalized spacial score (nSPS) is 11.0. The van der Waals surface area contributed by atoms with Gasteiger partial charge in [0.15, 0.2) is 0 Å². The lowest BCUT2D eigenvalue weighted by Gasteiger charge is -2.06. The van der Waals surface area contributed by atoms with E-state index in [9.17, 15) is 9.59 Å². The number of benzene rings is 3. The van der Waals surface area contributed by atoms with Gasteiger partial charge in [0.2, 0.25) is 0 Å². The third-order valence-corrected chi connectivity index (χ3v) is 5.07. The van der Waals surface area contributed by atoms with Crippen molar-refractivity contribution in [2.24, 2.45) is 5.10 Å². The smallest absolute Gasteiger partial charge is 0.336 e. The first kappa shape index (κ1) is 21.7. The average Bonchev–Trinajstić information content (AvgIpc) is 2.75. The summed E-state index contributed by atoms with van der Waals surface area (Å²) in [5.74, 6) is -0.564. The summed E-state index contributed by atoms with van der Waals surface area (Å²) in [5.41, 5.74) is 4.34. The molecule has 1 amide bonds. The van der Waals surface area contributed by atoms with Crippen molar-refractivity contribution in [1.29, 1.82) is 0 Å². The number of esters is 1. The van der Waals surface area contributed by atoms with Crippen LogP contribution < -0.4 is 10.2 Å². The van der Waals surface area contributed by atoms with Crippen molar-refractivity contribution in [3.05, 3.63) is 105 Å². The van der Waals surface area contributed by atoms with E-state index >= 15 is 0 Å². The minimum atomic E-state index is -0.520. The third-order valence-electron chi connectivity index (χ3n) is 3.88. The summed E-state index contributed by atoms with van der Waals surface area (Å²) in [6.45, 7) is 0. The molecule has 0 heterocycles. The van der Waals surface area contributed by atoms with Gasteiger partial charge in [-0.3, -0.25) is 4.79 Å². The molecular weight excluding hydrogens is 512 g/mol. The largest absolute Gasteiger partial charge is 0.423 e. The van der Waals surface area contributed by atoms with Crippen molar-refractivity contribution in [1.82, 2.24) is 5.43 Å². The van der Waals surface area contributed by atoms with Gasteiger partial charge in [-0.15, -0.1) is 0 Å². The number of rotatable bonds is 6. The van der Waals surface area contributed by atoms with Gasteiger partial charge in [0.25, 0.3) is 5.91 Å². The zero-order valence-electron chi connectivity index (χ0n) is 15.6. The maximum atomic E-state index is 12.2. The summed E-state index contributed by atoms with van der Waals surface area (Å²) in [5, 5.41) is 3.99. The van der Waals surface area contributed by atoms with Crippen molar-refractivity contribution in [3.63, 3.8) is 0 Å². The van der Waals surface area contributed by atoms with E-state index in [1.165, 1.54) is 12.3 Å². The maximum Gasteiger partial charge on any atom is 0.336 e. The third kappa shape index (κ3) is 6.23. The van der Waals surface area contributed by atoms with E-state index in [0.29, 0.717) is 21.3 Å². The number of halogens is 2. The Labute approximate surface area is 190 Å². The van der Waals surface area contributed by atoms with E-state index in [2.05, 4.69) is 42.4 Å². The van der Waals surface area contributed by atoms with Crippen molar-refractivity contribution in [3.8, 4) is 5.75 Å². The molecule has 3 aromatic carbocycles. The van der Waals surface area contributed by atoms with Crippen LogP contribution in [0.3, 0.4) is 0 Å². The standard InChI is InChI=1S/C23H16Br2N2O3/c24-18-11-12-21(30-22(28)13-10-16-6-2-1-3-7-16)17(14-18)15-26-27-23(29)19-8-4-5-9-20(19)25/h1-15H,(H,27,29). The number of hydrazone groups is 1. The highest BCUT2D eigenvalue weighted by molar-refractivity contribution is 9.10. The molecular formula is C23H16Br2N2O3. The zero-order chi connectivity index (χ0) is 21.3. The predicted molar refractivity (Wildman–Crippen MR) is 124 cm³/mol. The molecule has 3 rings (SSSR count). The number of hydrogen-bond donors (Lipinski definition) is 1. The van der Waals surface area contributed by atoms with Crippen LogP contribution in [0.2, 0.25) is 0 Å². The van der Waals surface area contributed by atoms with Crippen molar-refractivity contribution in [2.45, 2.75) is 0 Å². The van der Waals surface area contributed by atoms with Crippen LogP contribution in [-0.2, 0) is 4.79 Å². The predicted octanol–water partition coefficient (Wildman–Crippen LogP) is 5.59. The number of ether oxygens (including phenoxy) is 1. The molecule has 0 saturated carbocycles. The molecule has 0 aliphatic heterocycles. The summed E-state index contributed by atoms with van der Waals surface area (Å²) < 4.78 is 6.87. The minimum Gasteiger partial charge on any atom is -0.423 e. The number of nitrogens with zero attached hydrogens (tertiary/aromatic N) is 1. The van der Waals surface area contributed by atoms with E-state index < -0.39 is 5.97 Å². The van der Waals surface area contributed by atoms with E-state index in [0.717, 1.165) is 10.0 Å². The van der Waals surface area contributed by atoms with Crippen LogP contribution in [0.4, 0.5) is 0 Å². The Morgan fingerprint density at radius 2 is 1.67 bits per heavy atom. The minimum absolute atomic E-state index is 0.319. The molecule has 7 heteroatoms. The number of hydrogen-bond acceptors (Lipinski definition) is 4. The van der Waals surface area contributed by atoms with E-state index in [1.54, 1.807) is 42.5 Å². The lowest BCUT2D eigenvalue weighted by atomic mass is 10.2. The van der Waals surface area contributed by atoms with Gasteiger partial charge in [0.1, 0.15) is 5.75 Å². The fourth-order valence-electron chi connectivity index (χ4n) is 2.45. The van der Waals surface area contributed by atoms with E-state index in [1.807, 2.05) is 36.4 Å².